The van der Waals surface area contributed by atoms with Crippen LogP contribution in [-0.4, -0.2) is 34.8 Å². The van der Waals surface area contributed by atoms with Crippen molar-refractivity contribution in [3.8, 4) is 11.1 Å². The lowest BCUT2D eigenvalue weighted by molar-refractivity contribution is 0.0858. The SMILES string of the molecule is O=C(c1cccs1)C1CCN(C(=O)NCc2ccc(-c3cccnc3)cc2)CC1. The standard InChI is InChI=1S/C23H23N3O2S/c27-22(21-4-2-14-29-21)19-9-12-26(13-10-19)23(28)25-15-17-5-7-18(8-6-17)20-3-1-11-24-16-20/h1-8,11,14,16,19H,9-10,12-13,15H2,(H,25,28). The van der Waals surface area contributed by atoms with E-state index in [1.165, 1.54) is 11.3 Å². The van der Waals surface area contributed by atoms with Gasteiger partial charge in [-0.3, -0.25) is 9.78 Å². The number of nitrogens with zero attached hydrogens (tertiary/aromatic N) is 2. The summed E-state index contributed by atoms with van der Waals surface area (Å²) >= 11 is 1.49. The van der Waals surface area contributed by atoms with E-state index in [1.54, 1.807) is 6.20 Å². The van der Waals surface area contributed by atoms with Gasteiger partial charge in [-0.1, -0.05) is 36.4 Å². The van der Waals surface area contributed by atoms with Crippen molar-refractivity contribution < 1.29 is 9.59 Å². The highest BCUT2D eigenvalue weighted by Gasteiger charge is 2.28. The summed E-state index contributed by atoms with van der Waals surface area (Å²) in [6.45, 7) is 1.72. The van der Waals surface area contributed by atoms with Gasteiger partial charge in [0.2, 0.25) is 0 Å². The number of pyridine rings is 1. The Morgan fingerprint density at radius 2 is 1.83 bits per heavy atom. The molecule has 0 unspecified atom stereocenters. The first-order valence-electron chi connectivity index (χ1n) is 9.80. The molecule has 1 aliphatic heterocycles. The van der Waals surface area contributed by atoms with Gasteiger partial charge in [0.25, 0.3) is 0 Å². The van der Waals surface area contributed by atoms with E-state index in [-0.39, 0.29) is 17.7 Å². The molecule has 1 aliphatic rings. The Bertz CT molecular complexity index is 948. The molecular weight excluding hydrogens is 382 g/mol. The van der Waals surface area contributed by atoms with Crippen molar-refractivity contribution >= 4 is 23.2 Å². The number of thiophene rings is 1. The number of ketones is 1. The molecule has 3 heterocycles. The van der Waals surface area contributed by atoms with Crippen molar-refractivity contribution in [2.75, 3.05) is 13.1 Å². The van der Waals surface area contributed by atoms with Crippen LogP contribution in [0.2, 0.25) is 0 Å². The maximum absolute atomic E-state index is 12.5. The van der Waals surface area contributed by atoms with E-state index in [4.69, 9.17) is 0 Å². The topological polar surface area (TPSA) is 62.3 Å². The second-order valence-electron chi connectivity index (χ2n) is 7.20. The third-order valence-electron chi connectivity index (χ3n) is 5.31. The van der Waals surface area contributed by atoms with Crippen molar-refractivity contribution in [3.63, 3.8) is 0 Å². The molecule has 1 fully saturated rings. The highest BCUT2D eigenvalue weighted by atomic mass is 32.1. The van der Waals surface area contributed by atoms with E-state index in [0.29, 0.717) is 19.6 Å². The number of amides is 2. The number of likely N-dealkylation sites (tertiary alicyclic amines) is 1. The fourth-order valence-electron chi connectivity index (χ4n) is 3.60. The van der Waals surface area contributed by atoms with Crippen LogP contribution in [0.4, 0.5) is 4.79 Å². The molecular formula is C23H23N3O2S. The molecule has 0 spiro atoms. The predicted octanol–water partition coefficient (Wildman–Crippen LogP) is 4.61. The summed E-state index contributed by atoms with van der Waals surface area (Å²) in [4.78, 5) is 31.7. The number of benzene rings is 1. The van der Waals surface area contributed by atoms with Crippen molar-refractivity contribution in [1.29, 1.82) is 0 Å². The molecule has 2 amide bonds. The van der Waals surface area contributed by atoms with Gasteiger partial charge in [0.15, 0.2) is 5.78 Å². The lowest BCUT2D eigenvalue weighted by Crippen LogP contribution is -2.45. The lowest BCUT2D eigenvalue weighted by atomic mass is 9.92. The van der Waals surface area contributed by atoms with Crippen LogP contribution in [0.5, 0.6) is 0 Å². The second-order valence-corrected chi connectivity index (χ2v) is 8.15. The molecule has 5 nitrogen and oxygen atoms in total. The summed E-state index contributed by atoms with van der Waals surface area (Å²) in [7, 11) is 0. The first-order valence-corrected chi connectivity index (χ1v) is 10.7. The van der Waals surface area contributed by atoms with Gasteiger partial charge in [0.1, 0.15) is 0 Å². The van der Waals surface area contributed by atoms with Gasteiger partial charge in [-0.2, -0.15) is 0 Å². The lowest BCUT2D eigenvalue weighted by Gasteiger charge is -2.31. The van der Waals surface area contributed by atoms with Crippen LogP contribution in [0.3, 0.4) is 0 Å². The number of hydrogen-bond donors (Lipinski definition) is 1. The zero-order valence-corrected chi connectivity index (χ0v) is 16.9. The van der Waals surface area contributed by atoms with E-state index in [0.717, 1.165) is 34.4 Å². The van der Waals surface area contributed by atoms with Crippen LogP contribution in [0, 0.1) is 5.92 Å². The number of piperidine rings is 1. The van der Waals surface area contributed by atoms with Gasteiger partial charge < -0.3 is 10.2 Å². The minimum atomic E-state index is -0.0663. The molecule has 0 saturated carbocycles. The van der Waals surface area contributed by atoms with Gasteiger partial charge in [0, 0.05) is 37.9 Å². The number of rotatable bonds is 5. The van der Waals surface area contributed by atoms with Crippen molar-refractivity contribution in [2.24, 2.45) is 5.92 Å². The molecule has 1 aromatic carbocycles. The first-order chi connectivity index (χ1) is 14.2. The third-order valence-corrected chi connectivity index (χ3v) is 6.19. The molecule has 1 N–H and O–H groups in total. The number of aromatic nitrogens is 1. The highest BCUT2D eigenvalue weighted by molar-refractivity contribution is 7.12. The van der Waals surface area contributed by atoms with Gasteiger partial charge >= 0.3 is 6.03 Å². The van der Waals surface area contributed by atoms with E-state index in [1.807, 2.05) is 65.0 Å². The number of Topliss-reactive ketones (excluding diaryl/α,β-unsaturated/α-hetero) is 1. The van der Waals surface area contributed by atoms with Crippen LogP contribution >= 0.6 is 11.3 Å². The van der Waals surface area contributed by atoms with Gasteiger partial charge in [-0.15, -0.1) is 11.3 Å². The molecule has 3 aromatic rings. The van der Waals surface area contributed by atoms with Gasteiger partial charge in [-0.05, 0) is 47.0 Å². The number of urea groups is 1. The smallest absolute Gasteiger partial charge is 0.317 e. The maximum atomic E-state index is 12.5. The minimum absolute atomic E-state index is 0.0257. The molecule has 2 aromatic heterocycles. The average Bonchev–Trinajstić information content (AvgIpc) is 3.33. The second kappa shape index (κ2) is 9.01. The molecule has 0 atom stereocenters. The number of carbonyl (C=O) groups excluding carboxylic acids is 2. The minimum Gasteiger partial charge on any atom is -0.334 e. The Morgan fingerprint density at radius 1 is 1.03 bits per heavy atom. The Balaban J connectivity index is 1.26. The Hall–Kier alpha value is -2.99. The summed E-state index contributed by atoms with van der Waals surface area (Å²) in [5, 5.41) is 4.92. The normalized spacial score (nSPS) is 14.6. The monoisotopic (exact) mass is 405 g/mol. The molecule has 148 valence electrons. The van der Waals surface area contributed by atoms with Crippen LogP contribution in [-0.2, 0) is 6.54 Å². The number of hydrogen-bond acceptors (Lipinski definition) is 4. The summed E-state index contributed by atoms with van der Waals surface area (Å²) < 4.78 is 0. The van der Waals surface area contributed by atoms with Gasteiger partial charge in [-0.25, -0.2) is 4.79 Å². The van der Waals surface area contributed by atoms with Crippen molar-refractivity contribution in [1.82, 2.24) is 15.2 Å². The van der Waals surface area contributed by atoms with Crippen molar-refractivity contribution in [3.05, 3.63) is 76.7 Å². The van der Waals surface area contributed by atoms with E-state index in [9.17, 15) is 9.59 Å². The zero-order chi connectivity index (χ0) is 20.1. The molecule has 29 heavy (non-hydrogen) atoms. The summed E-state index contributed by atoms with van der Waals surface area (Å²) in [5.41, 5.74) is 3.22. The largest absolute Gasteiger partial charge is 0.334 e. The average molecular weight is 406 g/mol. The quantitative estimate of drug-likeness (QED) is 0.630. The van der Waals surface area contributed by atoms with E-state index >= 15 is 0 Å². The van der Waals surface area contributed by atoms with Crippen LogP contribution in [0.15, 0.2) is 66.3 Å². The summed E-state index contributed by atoms with van der Waals surface area (Å²) in [6.07, 6.45) is 5.05. The van der Waals surface area contributed by atoms with E-state index in [2.05, 4.69) is 10.3 Å². The zero-order valence-electron chi connectivity index (χ0n) is 16.1. The molecule has 6 heteroatoms. The molecule has 1 saturated heterocycles. The molecule has 0 aliphatic carbocycles. The fourth-order valence-corrected chi connectivity index (χ4v) is 4.35. The fraction of sp³-hybridized carbons (Fsp3) is 0.261. The molecule has 0 radical (unpaired) electrons. The maximum Gasteiger partial charge on any atom is 0.317 e. The van der Waals surface area contributed by atoms with E-state index < -0.39 is 0 Å². The van der Waals surface area contributed by atoms with Crippen molar-refractivity contribution in [2.45, 2.75) is 19.4 Å². The summed E-state index contributed by atoms with van der Waals surface area (Å²) in [6, 6.07) is 15.8. The molecule has 0 bridgehead atoms. The Labute approximate surface area is 174 Å². The first kappa shape index (κ1) is 19.3. The van der Waals surface area contributed by atoms with Crippen LogP contribution in [0.1, 0.15) is 28.1 Å². The van der Waals surface area contributed by atoms with Crippen LogP contribution in [0.25, 0.3) is 11.1 Å². The third kappa shape index (κ3) is 4.71. The Kier molecular flexibility index (Phi) is 6.00. The number of nitrogens with one attached hydrogen (secondary N) is 1. The van der Waals surface area contributed by atoms with Crippen LogP contribution < -0.4 is 5.32 Å². The number of carbonyl (C=O) groups is 2. The van der Waals surface area contributed by atoms with Gasteiger partial charge in [0.05, 0.1) is 4.88 Å². The highest BCUT2D eigenvalue weighted by Crippen LogP contribution is 2.24. The Morgan fingerprint density at radius 3 is 2.48 bits per heavy atom. The molecule has 4 rings (SSSR count). The summed E-state index contributed by atoms with van der Waals surface area (Å²) in [5.74, 6) is 0.242. The predicted molar refractivity (Wildman–Crippen MR) is 115 cm³/mol.